The topological polar surface area (TPSA) is 95.2 Å². The zero-order chi connectivity index (χ0) is 11.5. The molecule has 0 aromatic heterocycles. The molecule has 0 atom stereocenters. The number of guanidine groups is 1. The van der Waals surface area contributed by atoms with Gasteiger partial charge in [-0.15, -0.1) is 5.10 Å². The van der Waals surface area contributed by atoms with Gasteiger partial charge in [0.2, 0.25) is 12.8 Å². The fraction of sp³-hybridized carbons (Fsp3) is 0.111. The van der Waals surface area contributed by atoms with E-state index in [1.54, 1.807) is 12.1 Å². The molecule has 4 N–H and O–H groups in total. The Morgan fingerprint density at radius 3 is 2.69 bits per heavy atom. The molecular weight excluding hydrogens is 276 g/mol. The van der Waals surface area contributed by atoms with E-state index in [4.69, 9.17) is 20.9 Å². The van der Waals surface area contributed by atoms with Crippen molar-refractivity contribution >= 4 is 28.1 Å². The maximum Gasteiger partial charge on any atom is 0.231 e. The van der Waals surface area contributed by atoms with Crippen LogP contribution in [-0.2, 0) is 0 Å². The normalized spacial score (nSPS) is 13.1. The van der Waals surface area contributed by atoms with E-state index >= 15 is 0 Å². The van der Waals surface area contributed by atoms with Gasteiger partial charge in [0.15, 0.2) is 11.5 Å². The first-order valence-corrected chi connectivity index (χ1v) is 5.17. The SMILES string of the molecule is NC(N)=N/N=C/c1cc2c(cc1Br)OCO2. The lowest BCUT2D eigenvalue weighted by atomic mass is 10.2. The van der Waals surface area contributed by atoms with Crippen LogP contribution >= 0.6 is 15.9 Å². The first-order valence-electron chi connectivity index (χ1n) is 4.38. The lowest BCUT2D eigenvalue weighted by Gasteiger charge is -2.00. The molecule has 0 saturated heterocycles. The van der Waals surface area contributed by atoms with E-state index in [2.05, 4.69) is 26.1 Å². The summed E-state index contributed by atoms with van der Waals surface area (Å²) in [5, 5.41) is 7.22. The summed E-state index contributed by atoms with van der Waals surface area (Å²) in [6.07, 6.45) is 1.52. The molecule has 0 spiro atoms. The average molecular weight is 285 g/mol. The van der Waals surface area contributed by atoms with Crippen LogP contribution in [0.25, 0.3) is 0 Å². The smallest absolute Gasteiger partial charge is 0.231 e. The first-order chi connectivity index (χ1) is 7.66. The standard InChI is InChI=1S/C9H9BrN4O2/c10-6-2-8-7(15-4-16-8)1-5(6)3-13-14-9(11)12/h1-3H,4H2,(H4,11,12,14)/b13-3+. The maximum absolute atomic E-state index is 5.23. The zero-order valence-electron chi connectivity index (χ0n) is 8.18. The van der Waals surface area contributed by atoms with Crippen molar-refractivity contribution in [3.8, 4) is 11.5 Å². The fourth-order valence-corrected chi connectivity index (χ4v) is 1.61. The third-order valence-electron chi connectivity index (χ3n) is 1.86. The van der Waals surface area contributed by atoms with Crippen LogP contribution in [0.15, 0.2) is 26.8 Å². The van der Waals surface area contributed by atoms with E-state index in [1.807, 2.05) is 0 Å². The molecule has 1 heterocycles. The molecule has 1 aliphatic heterocycles. The van der Waals surface area contributed by atoms with E-state index in [9.17, 15) is 0 Å². The van der Waals surface area contributed by atoms with Gasteiger partial charge in [0.25, 0.3) is 0 Å². The molecule has 7 heteroatoms. The van der Waals surface area contributed by atoms with Gasteiger partial charge in [0.1, 0.15) is 0 Å². The molecule has 0 saturated carbocycles. The molecule has 0 aliphatic carbocycles. The average Bonchev–Trinajstić information content (AvgIpc) is 2.64. The second-order valence-electron chi connectivity index (χ2n) is 3.00. The summed E-state index contributed by atoms with van der Waals surface area (Å²) in [4.78, 5) is 0. The predicted octanol–water partition coefficient (Wildman–Crippen LogP) is 0.785. The van der Waals surface area contributed by atoms with Gasteiger partial charge in [-0.1, -0.05) is 0 Å². The van der Waals surface area contributed by atoms with Crippen LogP contribution in [0.5, 0.6) is 11.5 Å². The number of halogens is 1. The number of fused-ring (bicyclic) bond motifs is 1. The first kappa shape index (κ1) is 10.7. The summed E-state index contributed by atoms with van der Waals surface area (Å²) in [6, 6.07) is 3.59. The summed E-state index contributed by atoms with van der Waals surface area (Å²) in [5.41, 5.74) is 11.1. The molecule has 1 aromatic carbocycles. The molecule has 0 bridgehead atoms. The van der Waals surface area contributed by atoms with Crippen molar-refractivity contribution in [3.63, 3.8) is 0 Å². The quantitative estimate of drug-likeness (QED) is 0.477. The highest BCUT2D eigenvalue weighted by atomic mass is 79.9. The summed E-state index contributed by atoms with van der Waals surface area (Å²) in [7, 11) is 0. The van der Waals surface area contributed by atoms with Crippen LogP contribution in [0.1, 0.15) is 5.56 Å². The summed E-state index contributed by atoms with van der Waals surface area (Å²) >= 11 is 3.38. The van der Waals surface area contributed by atoms with Crippen LogP contribution in [0.2, 0.25) is 0 Å². The van der Waals surface area contributed by atoms with Crippen molar-refractivity contribution in [2.24, 2.45) is 21.7 Å². The third kappa shape index (κ3) is 2.25. The van der Waals surface area contributed by atoms with Gasteiger partial charge >= 0.3 is 0 Å². The second kappa shape index (κ2) is 4.40. The van der Waals surface area contributed by atoms with Crippen LogP contribution < -0.4 is 20.9 Å². The van der Waals surface area contributed by atoms with Crippen molar-refractivity contribution in [1.82, 2.24) is 0 Å². The summed E-state index contributed by atoms with van der Waals surface area (Å²) < 4.78 is 11.3. The highest BCUT2D eigenvalue weighted by Crippen LogP contribution is 2.36. The molecular formula is C9H9BrN4O2. The number of nitrogens with two attached hydrogens (primary N) is 2. The fourth-order valence-electron chi connectivity index (χ4n) is 1.19. The summed E-state index contributed by atoms with van der Waals surface area (Å²) in [6.45, 7) is 0.232. The van der Waals surface area contributed by atoms with E-state index in [1.165, 1.54) is 6.21 Å². The van der Waals surface area contributed by atoms with Gasteiger partial charge in [-0.3, -0.25) is 0 Å². The Bertz CT molecular complexity index is 469. The molecule has 1 aliphatic rings. The Kier molecular flexibility index (Phi) is 2.95. The van der Waals surface area contributed by atoms with Gasteiger partial charge < -0.3 is 20.9 Å². The van der Waals surface area contributed by atoms with Gasteiger partial charge in [-0.05, 0) is 28.1 Å². The van der Waals surface area contributed by atoms with Gasteiger partial charge in [0, 0.05) is 10.0 Å². The van der Waals surface area contributed by atoms with Crippen LogP contribution in [-0.4, -0.2) is 19.0 Å². The molecule has 2 rings (SSSR count). The number of ether oxygens (including phenoxy) is 2. The predicted molar refractivity (Wildman–Crippen MR) is 63.7 cm³/mol. The summed E-state index contributed by atoms with van der Waals surface area (Å²) in [5.74, 6) is 1.29. The maximum atomic E-state index is 5.23. The number of hydrogen-bond acceptors (Lipinski definition) is 4. The van der Waals surface area contributed by atoms with Crippen molar-refractivity contribution in [1.29, 1.82) is 0 Å². The van der Waals surface area contributed by atoms with E-state index in [-0.39, 0.29) is 12.8 Å². The Balaban J connectivity index is 2.28. The minimum Gasteiger partial charge on any atom is -0.454 e. The van der Waals surface area contributed by atoms with E-state index in [0.717, 1.165) is 10.0 Å². The van der Waals surface area contributed by atoms with Crippen LogP contribution in [0.4, 0.5) is 0 Å². The second-order valence-corrected chi connectivity index (χ2v) is 3.85. The van der Waals surface area contributed by atoms with Crippen LogP contribution in [0.3, 0.4) is 0 Å². The number of hydrogen-bond donors (Lipinski definition) is 2. The Morgan fingerprint density at radius 1 is 1.31 bits per heavy atom. The third-order valence-corrected chi connectivity index (χ3v) is 2.55. The highest BCUT2D eigenvalue weighted by molar-refractivity contribution is 9.10. The number of nitrogens with zero attached hydrogens (tertiary/aromatic N) is 2. The zero-order valence-corrected chi connectivity index (χ0v) is 9.77. The lowest BCUT2D eigenvalue weighted by molar-refractivity contribution is 0.174. The Morgan fingerprint density at radius 2 is 2.00 bits per heavy atom. The Labute approximate surface area is 100 Å². The van der Waals surface area contributed by atoms with Gasteiger partial charge in [-0.25, -0.2) is 0 Å². The number of rotatable bonds is 2. The minimum atomic E-state index is -0.0897. The van der Waals surface area contributed by atoms with Gasteiger partial charge in [0.05, 0.1) is 6.21 Å². The van der Waals surface area contributed by atoms with Crippen molar-refractivity contribution in [2.45, 2.75) is 0 Å². The number of benzene rings is 1. The highest BCUT2D eigenvalue weighted by Gasteiger charge is 2.15. The monoisotopic (exact) mass is 284 g/mol. The van der Waals surface area contributed by atoms with Crippen molar-refractivity contribution in [2.75, 3.05) is 6.79 Å². The Hall–Kier alpha value is -1.76. The molecule has 84 valence electrons. The molecule has 1 aromatic rings. The van der Waals surface area contributed by atoms with Gasteiger partial charge in [-0.2, -0.15) is 5.10 Å². The molecule has 0 unspecified atom stereocenters. The molecule has 6 nitrogen and oxygen atoms in total. The van der Waals surface area contributed by atoms with Crippen molar-refractivity contribution in [3.05, 3.63) is 22.2 Å². The molecule has 0 fully saturated rings. The van der Waals surface area contributed by atoms with E-state index in [0.29, 0.717) is 11.5 Å². The molecule has 16 heavy (non-hydrogen) atoms. The molecule has 0 amide bonds. The molecule has 0 radical (unpaired) electrons. The largest absolute Gasteiger partial charge is 0.454 e. The van der Waals surface area contributed by atoms with Crippen LogP contribution in [0, 0.1) is 0 Å². The minimum absolute atomic E-state index is 0.0897. The van der Waals surface area contributed by atoms with E-state index < -0.39 is 0 Å². The lowest BCUT2D eigenvalue weighted by Crippen LogP contribution is -2.21. The van der Waals surface area contributed by atoms with Crippen molar-refractivity contribution < 1.29 is 9.47 Å².